The van der Waals surface area contributed by atoms with E-state index in [1.54, 1.807) is 6.92 Å². The van der Waals surface area contributed by atoms with Crippen molar-refractivity contribution in [2.24, 2.45) is 5.92 Å². The minimum atomic E-state index is -0.0555. The van der Waals surface area contributed by atoms with E-state index in [0.717, 1.165) is 49.4 Å². The standard InChI is InChI=1S/C21H30N4O2/c1-14-17-10-11-19(27)25(13-16-7-4-3-5-8-16)21(17)23-20(22-14)18-9-6-12-24(18)15(2)26/h16,18H,3-13H2,1-2H3/t18-/m0/s1. The van der Waals surface area contributed by atoms with Crippen LogP contribution in [0.25, 0.3) is 0 Å². The van der Waals surface area contributed by atoms with Crippen molar-refractivity contribution >= 4 is 17.6 Å². The Bertz CT molecular complexity index is 742. The van der Waals surface area contributed by atoms with Gasteiger partial charge in [0.05, 0.1) is 6.04 Å². The summed E-state index contributed by atoms with van der Waals surface area (Å²) in [4.78, 5) is 38.2. The second kappa shape index (κ2) is 7.56. The summed E-state index contributed by atoms with van der Waals surface area (Å²) in [7, 11) is 0. The number of anilines is 1. The summed E-state index contributed by atoms with van der Waals surface area (Å²) in [5.74, 6) is 2.36. The number of aryl methyl sites for hydroxylation is 1. The second-order valence-electron chi connectivity index (χ2n) is 8.35. The number of hydrogen-bond acceptors (Lipinski definition) is 4. The number of hydrogen-bond donors (Lipinski definition) is 0. The number of aromatic nitrogens is 2. The Kier molecular flexibility index (Phi) is 5.15. The number of rotatable bonds is 3. The van der Waals surface area contributed by atoms with Crippen LogP contribution in [0.3, 0.4) is 0 Å². The summed E-state index contributed by atoms with van der Waals surface area (Å²) in [6, 6.07) is -0.0555. The van der Waals surface area contributed by atoms with Gasteiger partial charge in [-0.1, -0.05) is 19.3 Å². The average Bonchev–Trinajstić information content (AvgIpc) is 3.15. The highest BCUT2D eigenvalue weighted by Crippen LogP contribution is 2.35. The third-order valence-electron chi connectivity index (χ3n) is 6.48. The van der Waals surface area contributed by atoms with Gasteiger partial charge in [0.15, 0.2) is 5.82 Å². The molecule has 0 radical (unpaired) electrons. The van der Waals surface area contributed by atoms with Gasteiger partial charge in [-0.15, -0.1) is 0 Å². The van der Waals surface area contributed by atoms with Crippen LogP contribution in [0.4, 0.5) is 5.82 Å². The first-order chi connectivity index (χ1) is 13.0. The van der Waals surface area contributed by atoms with Gasteiger partial charge in [0.25, 0.3) is 0 Å². The Morgan fingerprint density at radius 2 is 1.85 bits per heavy atom. The van der Waals surface area contributed by atoms with Crippen LogP contribution in [0.5, 0.6) is 0 Å². The van der Waals surface area contributed by atoms with Crippen LogP contribution in [-0.2, 0) is 16.0 Å². The van der Waals surface area contributed by atoms with Gasteiger partial charge in [-0.2, -0.15) is 0 Å². The zero-order valence-electron chi connectivity index (χ0n) is 16.5. The summed E-state index contributed by atoms with van der Waals surface area (Å²) >= 11 is 0. The molecular formula is C21H30N4O2. The Balaban J connectivity index is 1.67. The Labute approximate surface area is 161 Å². The fourth-order valence-corrected chi connectivity index (χ4v) is 4.98. The predicted molar refractivity (Wildman–Crippen MR) is 103 cm³/mol. The molecule has 146 valence electrons. The maximum Gasteiger partial charge on any atom is 0.228 e. The van der Waals surface area contributed by atoms with Crippen LogP contribution in [0.1, 0.15) is 81.4 Å². The highest BCUT2D eigenvalue weighted by molar-refractivity contribution is 5.95. The van der Waals surface area contributed by atoms with Crippen LogP contribution in [-0.4, -0.2) is 39.8 Å². The Hall–Kier alpha value is -1.98. The SMILES string of the molecule is CC(=O)N1CCC[C@H]1c1nc(C)c2c(n1)N(CC1CCCCC1)C(=O)CC2. The number of carbonyl (C=O) groups is 2. The lowest BCUT2D eigenvalue weighted by Gasteiger charge is -2.34. The summed E-state index contributed by atoms with van der Waals surface area (Å²) in [5.41, 5.74) is 2.08. The Morgan fingerprint density at radius 1 is 1.07 bits per heavy atom. The lowest BCUT2D eigenvalue weighted by atomic mass is 9.88. The number of likely N-dealkylation sites (tertiary alicyclic amines) is 1. The fraction of sp³-hybridized carbons (Fsp3) is 0.714. The molecule has 2 fully saturated rings. The first-order valence-corrected chi connectivity index (χ1v) is 10.5. The molecule has 0 aromatic carbocycles. The van der Waals surface area contributed by atoms with Crippen LogP contribution in [0.15, 0.2) is 0 Å². The molecule has 1 saturated heterocycles. The van der Waals surface area contributed by atoms with Gasteiger partial charge in [0.2, 0.25) is 11.8 Å². The summed E-state index contributed by atoms with van der Waals surface area (Å²) in [6.45, 7) is 5.18. The molecule has 1 aliphatic carbocycles. The van der Waals surface area contributed by atoms with Crippen molar-refractivity contribution in [2.45, 2.75) is 77.7 Å². The van der Waals surface area contributed by atoms with Gasteiger partial charge in [0, 0.05) is 37.7 Å². The van der Waals surface area contributed by atoms with Gasteiger partial charge < -0.3 is 4.90 Å². The number of carbonyl (C=O) groups excluding carboxylic acids is 2. The quantitative estimate of drug-likeness (QED) is 0.818. The molecule has 27 heavy (non-hydrogen) atoms. The fourth-order valence-electron chi connectivity index (χ4n) is 4.98. The van der Waals surface area contributed by atoms with E-state index in [4.69, 9.17) is 9.97 Å². The summed E-state index contributed by atoms with van der Waals surface area (Å²) in [5, 5.41) is 0. The lowest BCUT2D eigenvalue weighted by Crippen LogP contribution is -2.41. The largest absolute Gasteiger partial charge is 0.333 e. The lowest BCUT2D eigenvalue weighted by molar-refractivity contribution is -0.129. The monoisotopic (exact) mass is 370 g/mol. The van der Waals surface area contributed by atoms with E-state index in [0.29, 0.717) is 18.2 Å². The van der Waals surface area contributed by atoms with E-state index in [2.05, 4.69) is 0 Å². The van der Waals surface area contributed by atoms with Crippen molar-refractivity contribution in [1.82, 2.24) is 14.9 Å². The molecular weight excluding hydrogens is 340 g/mol. The third-order valence-corrected chi connectivity index (χ3v) is 6.48. The molecule has 1 atom stereocenters. The van der Waals surface area contributed by atoms with Crippen molar-refractivity contribution in [3.8, 4) is 0 Å². The molecule has 6 nitrogen and oxygen atoms in total. The van der Waals surface area contributed by atoms with Crippen LogP contribution in [0, 0.1) is 12.8 Å². The highest BCUT2D eigenvalue weighted by Gasteiger charge is 2.34. The Morgan fingerprint density at radius 3 is 2.59 bits per heavy atom. The van der Waals surface area contributed by atoms with E-state index in [-0.39, 0.29) is 17.9 Å². The normalized spacial score (nSPS) is 23.6. The van der Waals surface area contributed by atoms with Gasteiger partial charge in [0.1, 0.15) is 5.82 Å². The van der Waals surface area contributed by atoms with Crippen molar-refractivity contribution in [3.05, 3.63) is 17.1 Å². The zero-order chi connectivity index (χ0) is 19.0. The smallest absolute Gasteiger partial charge is 0.228 e. The summed E-state index contributed by atoms with van der Waals surface area (Å²) in [6.07, 6.45) is 9.41. The minimum Gasteiger partial charge on any atom is -0.333 e. The maximum absolute atomic E-state index is 12.7. The topological polar surface area (TPSA) is 66.4 Å². The molecule has 1 saturated carbocycles. The molecule has 0 bridgehead atoms. The summed E-state index contributed by atoms with van der Waals surface area (Å²) < 4.78 is 0. The van der Waals surface area contributed by atoms with E-state index in [9.17, 15) is 9.59 Å². The molecule has 6 heteroatoms. The predicted octanol–water partition coefficient (Wildman–Crippen LogP) is 3.33. The molecule has 3 heterocycles. The van der Waals surface area contributed by atoms with E-state index in [1.165, 1.54) is 32.1 Å². The molecule has 2 amide bonds. The highest BCUT2D eigenvalue weighted by atomic mass is 16.2. The van der Waals surface area contributed by atoms with Gasteiger partial charge in [-0.3, -0.25) is 14.5 Å². The first kappa shape index (κ1) is 18.4. The van der Waals surface area contributed by atoms with E-state index >= 15 is 0 Å². The van der Waals surface area contributed by atoms with Crippen LogP contribution < -0.4 is 4.90 Å². The van der Waals surface area contributed by atoms with Crippen LogP contribution >= 0.6 is 0 Å². The van der Waals surface area contributed by atoms with Gasteiger partial charge in [-0.25, -0.2) is 9.97 Å². The molecule has 0 unspecified atom stereocenters. The molecule has 0 spiro atoms. The van der Waals surface area contributed by atoms with E-state index in [1.807, 2.05) is 16.7 Å². The minimum absolute atomic E-state index is 0.0555. The van der Waals surface area contributed by atoms with Crippen molar-refractivity contribution in [3.63, 3.8) is 0 Å². The van der Waals surface area contributed by atoms with Crippen molar-refractivity contribution in [2.75, 3.05) is 18.0 Å². The molecule has 3 aliphatic rings. The molecule has 2 aliphatic heterocycles. The van der Waals surface area contributed by atoms with Crippen LogP contribution in [0.2, 0.25) is 0 Å². The van der Waals surface area contributed by atoms with Crippen molar-refractivity contribution in [1.29, 1.82) is 0 Å². The molecule has 1 aromatic heterocycles. The second-order valence-corrected chi connectivity index (χ2v) is 8.35. The van der Waals surface area contributed by atoms with Gasteiger partial charge in [-0.05, 0) is 44.9 Å². The number of nitrogens with zero attached hydrogens (tertiary/aromatic N) is 4. The van der Waals surface area contributed by atoms with E-state index < -0.39 is 0 Å². The molecule has 0 N–H and O–H groups in total. The maximum atomic E-state index is 12.7. The number of amides is 2. The zero-order valence-corrected chi connectivity index (χ0v) is 16.5. The van der Waals surface area contributed by atoms with Gasteiger partial charge >= 0.3 is 0 Å². The number of fused-ring (bicyclic) bond motifs is 1. The first-order valence-electron chi connectivity index (χ1n) is 10.5. The van der Waals surface area contributed by atoms with Crippen molar-refractivity contribution < 1.29 is 9.59 Å². The average molecular weight is 370 g/mol. The third kappa shape index (κ3) is 3.58. The molecule has 4 rings (SSSR count). The molecule has 1 aromatic rings.